The van der Waals surface area contributed by atoms with Gasteiger partial charge in [-0.05, 0) is 88.2 Å². The summed E-state index contributed by atoms with van der Waals surface area (Å²) in [4.78, 5) is 17.3. The Kier molecular flexibility index (Phi) is 8.74. The number of hydrogen-bond acceptors (Lipinski definition) is 5. The summed E-state index contributed by atoms with van der Waals surface area (Å²) in [7, 11) is 0. The molecule has 1 aromatic heterocycles. The van der Waals surface area contributed by atoms with Crippen molar-refractivity contribution in [3.8, 4) is 0 Å². The zero-order chi connectivity index (χ0) is 27.6. The third-order valence-corrected chi connectivity index (χ3v) is 9.66. The second-order valence-corrected chi connectivity index (χ2v) is 12.0. The van der Waals surface area contributed by atoms with Gasteiger partial charge in [0.25, 0.3) is 0 Å². The Labute approximate surface area is 232 Å². The van der Waals surface area contributed by atoms with Gasteiger partial charge in [0.15, 0.2) is 0 Å². The normalized spacial score (nSPS) is 24.8. The van der Waals surface area contributed by atoms with Gasteiger partial charge in [-0.15, -0.1) is 0 Å². The van der Waals surface area contributed by atoms with Gasteiger partial charge in [0.05, 0.1) is 11.1 Å². The molecule has 0 bridgehead atoms. The Morgan fingerprint density at radius 2 is 1.90 bits per heavy atom. The minimum absolute atomic E-state index is 0.194. The van der Waals surface area contributed by atoms with Crippen molar-refractivity contribution in [3.05, 3.63) is 52.6 Å². The van der Waals surface area contributed by atoms with Crippen LogP contribution in [0.3, 0.4) is 0 Å². The van der Waals surface area contributed by atoms with Crippen molar-refractivity contribution in [2.75, 3.05) is 52.5 Å². The lowest BCUT2D eigenvalue weighted by Gasteiger charge is -2.36. The van der Waals surface area contributed by atoms with E-state index in [1.54, 1.807) is 12.1 Å². The molecule has 2 atom stereocenters. The van der Waals surface area contributed by atoms with Crippen molar-refractivity contribution < 1.29 is 19.0 Å². The third-order valence-electron chi connectivity index (χ3n) is 9.66. The molecule has 0 aliphatic carbocycles. The van der Waals surface area contributed by atoms with E-state index >= 15 is 0 Å². The largest absolute Gasteiger partial charge is 0.481 e. The number of rotatable bonds is 9. The van der Waals surface area contributed by atoms with Gasteiger partial charge in [0, 0.05) is 63.5 Å². The maximum Gasteiger partial charge on any atom is 0.311 e. The number of carboxylic acid groups (broad SMARTS) is 1. The van der Waals surface area contributed by atoms with Gasteiger partial charge in [-0.1, -0.05) is 19.1 Å². The van der Waals surface area contributed by atoms with Crippen LogP contribution in [-0.4, -0.2) is 83.1 Å². The Morgan fingerprint density at radius 3 is 2.54 bits per heavy atom. The molecule has 214 valence electrons. The van der Waals surface area contributed by atoms with Gasteiger partial charge in [-0.2, -0.15) is 5.10 Å². The molecule has 3 fully saturated rings. The van der Waals surface area contributed by atoms with Crippen LogP contribution < -0.4 is 0 Å². The van der Waals surface area contributed by atoms with E-state index in [9.17, 15) is 14.3 Å². The first kappa shape index (κ1) is 28.2. The molecule has 0 amide bonds. The molecule has 0 spiro atoms. The van der Waals surface area contributed by atoms with Crippen molar-refractivity contribution >= 4 is 5.97 Å². The van der Waals surface area contributed by atoms with Gasteiger partial charge in [-0.25, -0.2) is 4.39 Å². The summed E-state index contributed by atoms with van der Waals surface area (Å²) in [5, 5.41) is 15.0. The van der Waals surface area contributed by atoms with Crippen LogP contribution in [0.4, 0.5) is 4.39 Å². The number of nitrogens with zero attached hydrogens (tertiary/aromatic N) is 4. The highest BCUT2D eigenvalue weighted by Gasteiger charge is 2.45. The fraction of sp³-hybridized carbons (Fsp3) is 0.677. The average Bonchev–Trinajstić information content (AvgIpc) is 3.49. The van der Waals surface area contributed by atoms with Crippen LogP contribution in [0.1, 0.15) is 73.9 Å². The van der Waals surface area contributed by atoms with E-state index < -0.39 is 11.4 Å². The molecule has 8 heteroatoms. The number of aromatic nitrogens is 2. The molecular formula is C31H45FN4O3. The number of benzene rings is 1. The summed E-state index contributed by atoms with van der Waals surface area (Å²) >= 11 is 0. The number of aryl methyl sites for hydroxylation is 2. The van der Waals surface area contributed by atoms with Crippen LogP contribution >= 0.6 is 0 Å². The molecule has 0 radical (unpaired) electrons. The van der Waals surface area contributed by atoms with Gasteiger partial charge in [0.2, 0.25) is 0 Å². The van der Waals surface area contributed by atoms with E-state index in [0.29, 0.717) is 44.4 Å². The lowest BCUT2D eigenvalue weighted by molar-refractivity contribution is -0.156. The van der Waals surface area contributed by atoms with Crippen molar-refractivity contribution in [2.45, 2.75) is 71.3 Å². The zero-order valence-electron chi connectivity index (χ0n) is 23.9. The van der Waals surface area contributed by atoms with Crippen LogP contribution in [0.5, 0.6) is 0 Å². The summed E-state index contributed by atoms with van der Waals surface area (Å²) in [6.07, 6.45) is 4.32. The number of likely N-dealkylation sites (tertiary alicyclic amines) is 2. The van der Waals surface area contributed by atoms with Crippen molar-refractivity contribution in [3.63, 3.8) is 0 Å². The van der Waals surface area contributed by atoms with E-state index in [2.05, 4.69) is 35.3 Å². The van der Waals surface area contributed by atoms with E-state index in [1.807, 2.05) is 6.07 Å². The van der Waals surface area contributed by atoms with Crippen LogP contribution in [-0.2, 0) is 22.5 Å². The monoisotopic (exact) mass is 540 g/mol. The number of carbonyl (C=O) groups is 1. The summed E-state index contributed by atoms with van der Waals surface area (Å²) in [5.74, 6) is 0.151. The minimum atomic E-state index is -0.755. The predicted octanol–water partition coefficient (Wildman–Crippen LogP) is 4.69. The highest BCUT2D eigenvalue weighted by atomic mass is 19.1. The van der Waals surface area contributed by atoms with Gasteiger partial charge < -0.3 is 19.6 Å². The number of ether oxygens (including phenoxy) is 1. The molecule has 5 rings (SSSR count). The highest BCUT2D eigenvalue weighted by molar-refractivity contribution is 5.75. The Balaban J connectivity index is 1.28. The number of carboxylic acids is 1. The molecule has 3 aliphatic rings. The number of hydrogen-bond donors (Lipinski definition) is 1. The SMILES string of the molecule is CCc1nn(CC)c(C2CCN(CC3CN(CC4(C(=O)O)CCOCC4)C[C@@H]3c3cccc(F)c3)CC2)c1C. The molecule has 3 aliphatic heterocycles. The molecule has 1 N–H and O–H groups in total. The number of aliphatic carboxylic acids is 1. The standard InChI is InChI=1S/C31H45FN4O3/c1-4-28-22(3)29(36(5-2)33-28)23-9-13-34(14-10-23)18-25-19-35(20-27(25)24-7-6-8-26(32)17-24)21-31(30(37)38)11-15-39-16-12-31/h6-8,17,23,25,27H,4-5,9-16,18-21H2,1-3H3,(H,37,38)/t25?,27-/m1/s1. The quantitative estimate of drug-likeness (QED) is 0.498. The zero-order valence-corrected chi connectivity index (χ0v) is 23.9. The topological polar surface area (TPSA) is 70.8 Å². The average molecular weight is 541 g/mol. The number of piperidine rings is 1. The van der Waals surface area contributed by atoms with E-state index in [1.165, 1.54) is 23.0 Å². The third kappa shape index (κ3) is 5.93. The highest BCUT2D eigenvalue weighted by Crippen LogP contribution is 2.39. The smallest absolute Gasteiger partial charge is 0.311 e. The molecule has 39 heavy (non-hydrogen) atoms. The number of halogens is 1. The first-order valence-corrected chi connectivity index (χ1v) is 14.9. The van der Waals surface area contributed by atoms with Crippen molar-refractivity contribution in [2.24, 2.45) is 11.3 Å². The van der Waals surface area contributed by atoms with E-state index in [4.69, 9.17) is 9.84 Å². The maximum atomic E-state index is 14.2. The molecule has 3 saturated heterocycles. The first-order valence-electron chi connectivity index (χ1n) is 14.9. The van der Waals surface area contributed by atoms with Gasteiger partial charge >= 0.3 is 5.97 Å². The fourth-order valence-corrected chi connectivity index (χ4v) is 7.45. The Morgan fingerprint density at radius 1 is 1.15 bits per heavy atom. The predicted molar refractivity (Wildman–Crippen MR) is 150 cm³/mol. The molecule has 1 aromatic carbocycles. The van der Waals surface area contributed by atoms with E-state index in [0.717, 1.165) is 64.1 Å². The lowest BCUT2D eigenvalue weighted by Crippen LogP contribution is -2.46. The van der Waals surface area contributed by atoms with Crippen LogP contribution in [0, 0.1) is 24.1 Å². The van der Waals surface area contributed by atoms with Crippen LogP contribution in [0.2, 0.25) is 0 Å². The van der Waals surface area contributed by atoms with E-state index in [-0.39, 0.29) is 11.7 Å². The first-order chi connectivity index (χ1) is 18.8. The maximum absolute atomic E-state index is 14.2. The Hall–Kier alpha value is -2.29. The molecule has 1 unspecified atom stereocenters. The summed E-state index contributed by atoms with van der Waals surface area (Å²) in [6, 6.07) is 7.02. The van der Waals surface area contributed by atoms with Gasteiger partial charge in [-0.3, -0.25) is 9.48 Å². The van der Waals surface area contributed by atoms with Gasteiger partial charge in [0.1, 0.15) is 5.82 Å². The molecule has 2 aromatic rings. The van der Waals surface area contributed by atoms with Crippen LogP contribution in [0.15, 0.2) is 24.3 Å². The summed E-state index contributed by atoms with van der Waals surface area (Å²) in [5.41, 5.74) is 4.30. The Bertz CT molecular complexity index is 1140. The molecular weight excluding hydrogens is 495 g/mol. The van der Waals surface area contributed by atoms with Crippen molar-refractivity contribution in [1.29, 1.82) is 0 Å². The molecule has 7 nitrogen and oxygen atoms in total. The van der Waals surface area contributed by atoms with Crippen LogP contribution in [0.25, 0.3) is 0 Å². The lowest BCUT2D eigenvalue weighted by atomic mass is 9.80. The second kappa shape index (κ2) is 12.1. The fourth-order valence-electron chi connectivity index (χ4n) is 7.45. The van der Waals surface area contributed by atoms with Crippen molar-refractivity contribution in [1.82, 2.24) is 19.6 Å². The molecule has 4 heterocycles. The summed E-state index contributed by atoms with van der Waals surface area (Å²) in [6.45, 7) is 13.7. The minimum Gasteiger partial charge on any atom is -0.481 e. The molecule has 0 saturated carbocycles. The second-order valence-electron chi connectivity index (χ2n) is 12.0. The summed E-state index contributed by atoms with van der Waals surface area (Å²) < 4.78 is 22.0.